The molecule has 0 saturated heterocycles. The molecule has 1 aromatic rings. The minimum Gasteiger partial charge on any atom is -0.493 e. The summed E-state index contributed by atoms with van der Waals surface area (Å²) >= 11 is 0. The molecule has 0 aromatic heterocycles. The smallest absolute Gasteiger partial charge is 0.269 e. The first-order chi connectivity index (χ1) is 11.9. The van der Waals surface area contributed by atoms with Gasteiger partial charge in [-0.2, -0.15) is 0 Å². The molecular weight excluding hydrogens is 326 g/mol. The summed E-state index contributed by atoms with van der Waals surface area (Å²) in [5, 5.41) is 2.45. The van der Waals surface area contributed by atoms with Crippen LogP contribution in [-0.2, 0) is 9.59 Å². The van der Waals surface area contributed by atoms with Crippen LogP contribution in [0.15, 0.2) is 18.2 Å². The Kier molecular flexibility index (Phi) is 8.25. The first-order valence-corrected chi connectivity index (χ1v) is 8.08. The van der Waals surface area contributed by atoms with Crippen molar-refractivity contribution < 1.29 is 23.9 Å². The number of nitrogens with one attached hydrogen (secondary N) is 3. The first kappa shape index (κ1) is 20.3. The van der Waals surface area contributed by atoms with Crippen LogP contribution in [0.25, 0.3) is 0 Å². The van der Waals surface area contributed by atoms with Gasteiger partial charge in [-0.15, -0.1) is 0 Å². The molecule has 0 unspecified atom stereocenters. The maximum atomic E-state index is 12.1. The Morgan fingerprint density at radius 2 is 1.80 bits per heavy atom. The molecule has 8 nitrogen and oxygen atoms in total. The molecule has 138 valence electrons. The molecule has 0 atom stereocenters. The minimum absolute atomic E-state index is 0.0317. The van der Waals surface area contributed by atoms with Gasteiger partial charge < -0.3 is 14.8 Å². The van der Waals surface area contributed by atoms with E-state index >= 15 is 0 Å². The number of rotatable bonds is 8. The number of ether oxygens (including phenoxy) is 2. The van der Waals surface area contributed by atoms with Crippen molar-refractivity contribution in [3.63, 3.8) is 0 Å². The van der Waals surface area contributed by atoms with Crippen molar-refractivity contribution in [1.29, 1.82) is 0 Å². The largest absolute Gasteiger partial charge is 0.493 e. The number of benzene rings is 1. The van der Waals surface area contributed by atoms with Gasteiger partial charge in [0.15, 0.2) is 11.5 Å². The van der Waals surface area contributed by atoms with Crippen LogP contribution in [-0.4, -0.2) is 37.5 Å². The van der Waals surface area contributed by atoms with Crippen molar-refractivity contribution in [3.05, 3.63) is 23.8 Å². The van der Waals surface area contributed by atoms with Crippen molar-refractivity contribution in [2.75, 3.05) is 13.7 Å². The molecule has 0 radical (unpaired) electrons. The Hall–Kier alpha value is -2.77. The van der Waals surface area contributed by atoms with Gasteiger partial charge in [0, 0.05) is 12.0 Å². The van der Waals surface area contributed by atoms with Crippen LogP contribution < -0.4 is 25.6 Å². The number of carbonyl (C=O) groups is 3. The van der Waals surface area contributed by atoms with Crippen molar-refractivity contribution in [2.24, 2.45) is 0 Å². The lowest BCUT2D eigenvalue weighted by molar-refractivity contribution is -0.126. The lowest BCUT2D eigenvalue weighted by Gasteiger charge is -2.14. The van der Waals surface area contributed by atoms with Gasteiger partial charge in [-0.25, -0.2) is 0 Å². The maximum absolute atomic E-state index is 12.1. The van der Waals surface area contributed by atoms with E-state index in [1.807, 2.05) is 20.8 Å². The zero-order chi connectivity index (χ0) is 18.8. The summed E-state index contributed by atoms with van der Waals surface area (Å²) in [4.78, 5) is 35.0. The van der Waals surface area contributed by atoms with Crippen molar-refractivity contribution >= 4 is 17.7 Å². The monoisotopic (exact) mass is 351 g/mol. The maximum Gasteiger partial charge on any atom is 0.269 e. The number of hydrogen-bond donors (Lipinski definition) is 3. The average molecular weight is 351 g/mol. The zero-order valence-corrected chi connectivity index (χ0v) is 15.0. The third kappa shape index (κ3) is 7.11. The van der Waals surface area contributed by atoms with Crippen LogP contribution in [0, 0.1) is 0 Å². The Labute approximate surface area is 147 Å². The van der Waals surface area contributed by atoms with Gasteiger partial charge in [0.1, 0.15) is 0 Å². The molecule has 25 heavy (non-hydrogen) atoms. The van der Waals surface area contributed by atoms with Gasteiger partial charge in [-0.05, 0) is 38.5 Å². The van der Waals surface area contributed by atoms with Gasteiger partial charge in [-0.3, -0.25) is 25.2 Å². The molecule has 8 heteroatoms. The van der Waals surface area contributed by atoms with E-state index in [9.17, 15) is 14.4 Å². The number of amides is 3. The van der Waals surface area contributed by atoms with Gasteiger partial charge in [0.2, 0.25) is 5.91 Å². The molecule has 0 aliphatic carbocycles. The summed E-state index contributed by atoms with van der Waals surface area (Å²) in [6, 6.07) is 4.70. The molecule has 0 saturated carbocycles. The highest BCUT2D eigenvalue weighted by atomic mass is 16.5. The standard InChI is InChI=1S/C17H25N3O5/c1-5-6-15(21)18-10-16(22)19-20-17(23)12-7-8-13(25-11(2)3)14(9-12)24-4/h7-9,11H,5-6,10H2,1-4H3,(H,18,21)(H,19,22)(H,20,23). The molecule has 0 aliphatic heterocycles. The Morgan fingerprint density at radius 3 is 2.40 bits per heavy atom. The molecule has 0 fully saturated rings. The van der Waals surface area contributed by atoms with Crippen LogP contribution in [0.3, 0.4) is 0 Å². The van der Waals surface area contributed by atoms with Gasteiger partial charge >= 0.3 is 0 Å². The summed E-state index contributed by atoms with van der Waals surface area (Å²) in [6.07, 6.45) is 1.02. The van der Waals surface area contributed by atoms with Gasteiger partial charge in [0.05, 0.1) is 19.8 Å². The number of hydrogen-bond acceptors (Lipinski definition) is 5. The van der Waals surface area contributed by atoms with Crippen LogP contribution in [0.5, 0.6) is 11.5 Å². The molecule has 3 amide bonds. The third-order valence-electron chi connectivity index (χ3n) is 3.03. The number of carbonyl (C=O) groups excluding carboxylic acids is 3. The molecule has 0 bridgehead atoms. The predicted octanol–water partition coefficient (Wildman–Crippen LogP) is 1.16. The molecule has 1 aromatic carbocycles. The average Bonchev–Trinajstić information content (AvgIpc) is 2.58. The van der Waals surface area contributed by atoms with E-state index in [-0.39, 0.29) is 18.6 Å². The van der Waals surface area contributed by atoms with Crippen LogP contribution in [0.2, 0.25) is 0 Å². The van der Waals surface area contributed by atoms with Crippen molar-refractivity contribution in [2.45, 2.75) is 39.7 Å². The van der Waals surface area contributed by atoms with E-state index in [4.69, 9.17) is 9.47 Å². The molecule has 0 heterocycles. The Morgan fingerprint density at radius 1 is 1.08 bits per heavy atom. The fraction of sp³-hybridized carbons (Fsp3) is 0.471. The topological polar surface area (TPSA) is 106 Å². The SMILES string of the molecule is CCCC(=O)NCC(=O)NNC(=O)c1ccc(OC(C)C)c(OC)c1. The lowest BCUT2D eigenvalue weighted by Crippen LogP contribution is -2.46. The number of hydrazine groups is 1. The Bertz CT molecular complexity index is 616. The second-order valence-corrected chi connectivity index (χ2v) is 5.56. The minimum atomic E-state index is -0.524. The summed E-state index contributed by atoms with van der Waals surface area (Å²) in [7, 11) is 1.48. The second-order valence-electron chi connectivity index (χ2n) is 5.56. The van der Waals surface area contributed by atoms with Crippen LogP contribution >= 0.6 is 0 Å². The summed E-state index contributed by atoms with van der Waals surface area (Å²) in [6.45, 7) is 5.43. The molecule has 3 N–H and O–H groups in total. The van der Waals surface area contributed by atoms with E-state index in [1.165, 1.54) is 13.2 Å². The molecule has 0 aliphatic rings. The fourth-order valence-corrected chi connectivity index (χ4v) is 1.90. The third-order valence-corrected chi connectivity index (χ3v) is 3.03. The number of methoxy groups -OCH3 is 1. The normalized spacial score (nSPS) is 10.1. The van der Waals surface area contributed by atoms with E-state index in [1.54, 1.807) is 12.1 Å². The van der Waals surface area contributed by atoms with Crippen molar-refractivity contribution in [3.8, 4) is 11.5 Å². The van der Waals surface area contributed by atoms with Crippen molar-refractivity contribution in [1.82, 2.24) is 16.2 Å². The highest BCUT2D eigenvalue weighted by molar-refractivity contribution is 5.96. The molecule has 0 spiro atoms. The lowest BCUT2D eigenvalue weighted by atomic mass is 10.2. The van der Waals surface area contributed by atoms with E-state index < -0.39 is 11.8 Å². The summed E-state index contributed by atoms with van der Waals surface area (Å²) in [5.41, 5.74) is 4.81. The summed E-state index contributed by atoms with van der Waals surface area (Å²) in [5.74, 6) is -0.308. The highest BCUT2D eigenvalue weighted by Gasteiger charge is 2.13. The first-order valence-electron chi connectivity index (χ1n) is 8.08. The van der Waals surface area contributed by atoms with E-state index in [0.29, 0.717) is 29.9 Å². The predicted molar refractivity (Wildman–Crippen MR) is 92.3 cm³/mol. The fourth-order valence-electron chi connectivity index (χ4n) is 1.90. The van der Waals surface area contributed by atoms with Crippen LogP contribution in [0.4, 0.5) is 0 Å². The molecular formula is C17H25N3O5. The summed E-state index contributed by atoms with van der Waals surface area (Å²) < 4.78 is 10.8. The highest BCUT2D eigenvalue weighted by Crippen LogP contribution is 2.28. The second kappa shape index (κ2) is 10.2. The Balaban J connectivity index is 2.57. The van der Waals surface area contributed by atoms with E-state index in [2.05, 4.69) is 16.2 Å². The van der Waals surface area contributed by atoms with Crippen LogP contribution in [0.1, 0.15) is 44.0 Å². The molecule has 1 rings (SSSR count). The van der Waals surface area contributed by atoms with E-state index in [0.717, 1.165) is 0 Å². The van der Waals surface area contributed by atoms with Gasteiger partial charge in [0.25, 0.3) is 11.8 Å². The quantitative estimate of drug-likeness (QED) is 0.610. The zero-order valence-electron chi connectivity index (χ0n) is 15.0. The van der Waals surface area contributed by atoms with Gasteiger partial charge in [-0.1, -0.05) is 6.92 Å².